The first-order valence-corrected chi connectivity index (χ1v) is 6.76. The van der Waals surface area contributed by atoms with Crippen molar-refractivity contribution < 1.29 is 9.47 Å². The molecule has 1 aliphatic carbocycles. The predicted octanol–water partition coefficient (Wildman–Crippen LogP) is 2.52. The minimum atomic E-state index is 0.165. The lowest BCUT2D eigenvalue weighted by molar-refractivity contribution is 0.170. The van der Waals surface area contributed by atoms with E-state index in [2.05, 4.69) is 28.9 Å². The number of ether oxygens (including phenoxy) is 2. The maximum Gasteiger partial charge on any atom is 0.175 e. The third-order valence-corrected chi connectivity index (χ3v) is 4.50. The zero-order valence-electron chi connectivity index (χ0n) is 9.88. The molecule has 0 bridgehead atoms. The van der Waals surface area contributed by atoms with Crippen molar-refractivity contribution in [3.05, 3.63) is 21.7 Å². The lowest BCUT2D eigenvalue weighted by atomic mass is 9.91. The number of fused-ring (bicyclic) bond motifs is 1. The normalized spacial score (nSPS) is 20.2. The second-order valence-corrected chi connectivity index (χ2v) is 5.68. The van der Waals surface area contributed by atoms with E-state index >= 15 is 0 Å². The summed E-state index contributed by atoms with van der Waals surface area (Å²) in [6.07, 6.45) is 2.34. The van der Waals surface area contributed by atoms with Crippen molar-refractivity contribution >= 4 is 15.9 Å². The van der Waals surface area contributed by atoms with Gasteiger partial charge in [-0.2, -0.15) is 0 Å². The zero-order chi connectivity index (χ0) is 12.0. The van der Waals surface area contributed by atoms with Crippen molar-refractivity contribution in [2.24, 2.45) is 5.73 Å². The number of nitrogens with two attached hydrogens (primary N) is 1. The summed E-state index contributed by atoms with van der Waals surface area (Å²) in [7, 11) is 0. The van der Waals surface area contributed by atoms with Gasteiger partial charge in [0, 0.05) is 12.0 Å². The second kappa shape index (κ2) is 3.89. The number of aryl methyl sites for hydroxylation is 1. The van der Waals surface area contributed by atoms with Crippen LogP contribution in [0.15, 0.2) is 10.5 Å². The maximum atomic E-state index is 5.92. The highest BCUT2D eigenvalue weighted by atomic mass is 79.9. The number of halogens is 1. The topological polar surface area (TPSA) is 44.5 Å². The van der Waals surface area contributed by atoms with Crippen molar-refractivity contribution in [1.29, 1.82) is 0 Å². The van der Waals surface area contributed by atoms with E-state index in [1.165, 1.54) is 24.0 Å². The smallest absolute Gasteiger partial charge is 0.175 e. The van der Waals surface area contributed by atoms with Crippen molar-refractivity contribution in [3.63, 3.8) is 0 Å². The molecule has 3 nitrogen and oxygen atoms in total. The number of benzene rings is 1. The second-order valence-electron chi connectivity index (χ2n) is 4.89. The standard InChI is InChI=1S/C13H16BrNO2/c1-8-6-9-12(17-5-4-16-9)11(14)10(8)13(7-15)2-3-13/h6H,2-5,7,15H2,1H3. The van der Waals surface area contributed by atoms with Crippen LogP contribution in [0.3, 0.4) is 0 Å². The fraction of sp³-hybridized carbons (Fsp3) is 0.538. The molecule has 1 saturated carbocycles. The summed E-state index contributed by atoms with van der Waals surface area (Å²) in [4.78, 5) is 0. The molecule has 92 valence electrons. The molecular formula is C13H16BrNO2. The molecular weight excluding hydrogens is 282 g/mol. The summed E-state index contributed by atoms with van der Waals surface area (Å²) in [6.45, 7) is 4.06. The minimum absolute atomic E-state index is 0.165. The van der Waals surface area contributed by atoms with Crippen LogP contribution >= 0.6 is 15.9 Å². The van der Waals surface area contributed by atoms with Gasteiger partial charge in [0.1, 0.15) is 13.2 Å². The molecule has 1 aliphatic heterocycles. The Bertz CT molecular complexity index is 469. The van der Waals surface area contributed by atoms with Crippen LogP contribution in [0, 0.1) is 6.92 Å². The molecule has 1 aromatic rings. The van der Waals surface area contributed by atoms with Gasteiger partial charge in [-0.3, -0.25) is 0 Å². The molecule has 1 fully saturated rings. The Morgan fingerprint density at radius 2 is 2.06 bits per heavy atom. The van der Waals surface area contributed by atoms with Gasteiger partial charge in [-0.05, 0) is 52.9 Å². The SMILES string of the molecule is Cc1cc2c(c(Br)c1C1(CN)CC1)OCCO2. The molecule has 1 aromatic carbocycles. The predicted molar refractivity (Wildman–Crippen MR) is 69.8 cm³/mol. The minimum Gasteiger partial charge on any atom is -0.486 e. The van der Waals surface area contributed by atoms with Crippen molar-refractivity contribution in [3.8, 4) is 11.5 Å². The zero-order valence-corrected chi connectivity index (χ0v) is 11.5. The molecule has 0 atom stereocenters. The average Bonchev–Trinajstić information content (AvgIpc) is 3.10. The molecule has 17 heavy (non-hydrogen) atoms. The third-order valence-electron chi connectivity index (χ3n) is 3.75. The van der Waals surface area contributed by atoms with Gasteiger partial charge in [0.25, 0.3) is 0 Å². The van der Waals surface area contributed by atoms with E-state index in [1.54, 1.807) is 0 Å². The van der Waals surface area contributed by atoms with Crippen molar-refractivity contribution in [2.75, 3.05) is 19.8 Å². The molecule has 0 radical (unpaired) electrons. The van der Waals surface area contributed by atoms with E-state index in [-0.39, 0.29) is 5.41 Å². The van der Waals surface area contributed by atoms with E-state index in [9.17, 15) is 0 Å². The van der Waals surface area contributed by atoms with Gasteiger partial charge < -0.3 is 15.2 Å². The molecule has 1 heterocycles. The highest BCUT2D eigenvalue weighted by molar-refractivity contribution is 9.10. The van der Waals surface area contributed by atoms with Crippen LogP contribution in [-0.4, -0.2) is 19.8 Å². The van der Waals surface area contributed by atoms with Gasteiger partial charge in [-0.15, -0.1) is 0 Å². The molecule has 0 spiro atoms. The Morgan fingerprint density at radius 3 is 2.71 bits per heavy atom. The van der Waals surface area contributed by atoms with Crippen LogP contribution in [-0.2, 0) is 5.41 Å². The molecule has 0 aromatic heterocycles. The lowest BCUT2D eigenvalue weighted by Crippen LogP contribution is -2.23. The van der Waals surface area contributed by atoms with Crippen LogP contribution in [0.1, 0.15) is 24.0 Å². The summed E-state index contributed by atoms with van der Waals surface area (Å²) in [5.74, 6) is 1.69. The first-order chi connectivity index (χ1) is 8.18. The highest BCUT2D eigenvalue weighted by Gasteiger charge is 2.46. The molecule has 0 unspecified atom stereocenters. The van der Waals surface area contributed by atoms with E-state index in [0.29, 0.717) is 19.8 Å². The average molecular weight is 298 g/mol. The van der Waals surface area contributed by atoms with Gasteiger partial charge in [0.15, 0.2) is 11.5 Å². The van der Waals surface area contributed by atoms with E-state index in [0.717, 1.165) is 16.0 Å². The van der Waals surface area contributed by atoms with Gasteiger partial charge >= 0.3 is 0 Å². The molecule has 0 amide bonds. The molecule has 2 aliphatic rings. The first-order valence-electron chi connectivity index (χ1n) is 5.97. The van der Waals surface area contributed by atoms with E-state index < -0.39 is 0 Å². The summed E-state index contributed by atoms with van der Waals surface area (Å²) in [5, 5.41) is 0. The van der Waals surface area contributed by atoms with Crippen LogP contribution in [0.5, 0.6) is 11.5 Å². The maximum absolute atomic E-state index is 5.92. The Kier molecular flexibility index (Phi) is 2.60. The van der Waals surface area contributed by atoms with Gasteiger partial charge in [0.05, 0.1) is 4.47 Å². The quantitative estimate of drug-likeness (QED) is 0.912. The number of hydrogen-bond donors (Lipinski definition) is 1. The Labute approximate surface area is 109 Å². The Hall–Kier alpha value is -0.740. The van der Waals surface area contributed by atoms with Crippen molar-refractivity contribution in [1.82, 2.24) is 0 Å². The monoisotopic (exact) mass is 297 g/mol. The van der Waals surface area contributed by atoms with Crippen LogP contribution in [0.4, 0.5) is 0 Å². The van der Waals surface area contributed by atoms with Gasteiger partial charge in [0.2, 0.25) is 0 Å². The molecule has 4 heteroatoms. The summed E-state index contributed by atoms with van der Waals surface area (Å²) in [6, 6.07) is 2.07. The third kappa shape index (κ3) is 1.66. The summed E-state index contributed by atoms with van der Waals surface area (Å²) < 4.78 is 12.4. The fourth-order valence-electron chi connectivity index (χ4n) is 2.62. The van der Waals surface area contributed by atoms with E-state index in [4.69, 9.17) is 15.2 Å². The van der Waals surface area contributed by atoms with Crippen LogP contribution in [0.25, 0.3) is 0 Å². The molecule has 0 saturated heterocycles. The largest absolute Gasteiger partial charge is 0.486 e. The highest BCUT2D eigenvalue weighted by Crippen LogP contribution is 2.54. The lowest BCUT2D eigenvalue weighted by Gasteiger charge is -2.25. The fourth-order valence-corrected chi connectivity index (χ4v) is 3.67. The Balaban J connectivity index is 2.16. The van der Waals surface area contributed by atoms with Crippen LogP contribution < -0.4 is 15.2 Å². The van der Waals surface area contributed by atoms with Gasteiger partial charge in [-0.1, -0.05) is 0 Å². The summed E-state index contributed by atoms with van der Waals surface area (Å²) in [5.41, 5.74) is 8.64. The van der Waals surface area contributed by atoms with Crippen molar-refractivity contribution in [2.45, 2.75) is 25.2 Å². The van der Waals surface area contributed by atoms with Crippen LogP contribution in [0.2, 0.25) is 0 Å². The number of rotatable bonds is 2. The number of hydrogen-bond acceptors (Lipinski definition) is 3. The first kappa shape index (κ1) is 11.4. The van der Waals surface area contributed by atoms with E-state index in [1.807, 2.05) is 0 Å². The molecule has 2 N–H and O–H groups in total. The van der Waals surface area contributed by atoms with Gasteiger partial charge in [-0.25, -0.2) is 0 Å². The summed E-state index contributed by atoms with van der Waals surface area (Å²) >= 11 is 3.67. The Morgan fingerprint density at radius 1 is 1.35 bits per heavy atom. The molecule has 3 rings (SSSR count).